The molecule has 1 N–H and O–H groups in total. The topological polar surface area (TPSA) is 76.9 Å². The molecule has 4 rings (SSSR count). The number of benzene rings is 2. The van der Waals surface area contributed by atoms with Crippen molar-refractivity contribution in [3.8, 4) is 0 Å². The maximum absolute atomic E-state index is 12.5. The molecule has 32 heavy (non-hydrogen) atoms. The number of ketones is 1. The minimum absolute atomic E-state index is 0.00629. The van der Waals surface area contributed by atoms with E-state index >= 15 is 0 Å². The molecule has 0 atom stereocenters. The normalized spacial score (nSPS) is 14.3. The van der Waals surface area contributed by atoms with Gasteiger partial charge in [0.25, 0.3) is 0 Å². The molecule has 1 aromatic heterocycles. The summed E-state index contributed by atoms with van der Waals surface area (Å²) in [5.74, 6) is 1.12. The summed E-state index contributed by atoms with van der Waals surface area (Å²) < 4.78 is 2.27. The Kier molecular flexibility index (Phi) is 7.37. The van der Waals surface area contributed by atoms with E-state index in [1.54, 1.807) is 24.3 Å². The monoisotopic (exact) mass is 448 g/mol. The van der Waals surface area contributed by atoms with E-state index in [0.29, 0.717) is 17.3 Å². The minimum atomic E-state index is -0.103. The van der Waals surface area contributed by atoms with E-state index in [1.165, 1.54) is 43.5 Å². The Bertz CT molecular complexity index is 1060. The van der Waals surface area contributed by atoms with Crippen molar-refractivity contribution in [3.63, 3.8) is 0 Å². The first kappa shape index (κ1) is 22.3. The van der Waals surface area contributed by atoms with Crippen molar-refractivity contribution < 1.29 is 9.59 Å². The van der Waals surface area contributed by atoms with Crippen LogP contribution in [0.4, 0.5) is 5.69 Å². The van der Waals surface area contributed by atoms with E-state index in [2.05, 4.69) is 32.2 Å². The Morgan fingerprint density at radius 1 is 1.00 bits per heavy atom. The van der Waals surface area contributed by atoms with Gasteiger partial charge in [-0.25, -0.2) is 0 Å². The van der Waals surface area contributed by atoms with Crippen molar-refractivity contribution in [2.24, 2.45) is 0 Å². The second kappa shape index (κ2) is 10.6. The summed E-state index contributed by atoms with van der Waals surface area (Å²) in [7, 11) is 0. The van der Waals surface area contributed by atoms with Gasteiger partial charge in [-0.05, 0) is 49.6 Å². The standard InChI is InChI=1S/C25H28N4O2S/c1-18(30)20-12-14-21(15-13-20)26-24(31)17-32-25-28-27-23(16-19-8-4-2-5-9-19)29(25)22-10-6-3-7-11-22/h2,4-5,8-9,12-15,22H,3,6-7,10-11,16-17H2,1H3,(H,26,31). The molecule has 1 amide bonds. The maximum atomic E-state index is 12.5. The van der Waals surface area contributed by atoms with Crippen molar-refractivity contribution >= 4 is 29.1 Å². The van der Waals surface area contributed by atoms with Gasteiger partial charge in [0, 0.05) is 23.7 Å². The summed E-state index contributed by atoms with van der Waals surface area (Å²) in [5.41, 5.74) is 2.52. The van der Waals surface area contributed by atoms with Crippen LogP contribution in [0.25, 0.3) is 0 Å². The summed E-state index contributed by atoms with van der Waals surface area (Å²) >= 11 is 1.43. The number of carbonyl (C=O) groups is 2. The van der Waals surface area contributed by atoms with E-state index in [-0.39, 0.29) is 17.4 Å². The Hall–Kier alpha value is -2.93. The second-order valence-electron chi connectivity index (χ2n) is 8.19. The summed E-state index contributed by atoms with van der Waals surface area (Å²) in [6.07, 6.45) is 6.70. The van der Waals surface area contributed by atoms with E-state index < -0.39 is 0 Å². The molecule has 3 aromatic rings. The zero-order valence-corrected chi connectivity index (χ0v) is 19.1. The first-order chi connectivity index (χ1) is 15.6. The van der Waals surface area contributed by atoms with Gasteiger partial charge < -0.3 is 9.88 Å². The highest BCUT2D eigenvalue weighted by molar-refractivity contribution is 7.99. The van der Waals surface area contributed by atoms with Gasteiger partial charge in [-0.1, -0.05) is 61.4 Å². The lowest BCUT2D eigenvalue weighted by Gasteiger charge is -2.25. The van der Waals surface area contributed by atoms with Crippen LogP contribution in [0.1, 0.15) is 66.8 Å². The first-order valence-electron chi connectivity index (χ1n) is 11.1. The lowest BCUT2D eigenvalue weighted by molar-refractivity contribution is -0.113. The Balaban J connectivity index is 1.45. The molecule has 2 aromatic carbocycles. The average Bonchev–Trinajstić information content (AvgIpc) is 3.21. The highest BCUT2D eigenvalue weighted by Crippen LogP contribution is 2.33. The molecule has 1 fully saturated rings. The quantitative estimate of drug-likeness (QED) is 0.373. The molecule has 0 spiro atoms. The number of carbonyl (C=O) groups excluding carboxylic acids is 2. The van der Waals surface area contributed by atoms with Gasteiger partial charge in [0.05, 0.1) is 5.75 Å². The Labute approximate surface area is 192 Å². The number of nitrogens with one attached hydrogen (secondary N) is 1. The number of thioether (sulfide) groups is 1. The highest BCUT2D eigenvalue weighted by Gasteiger charge is 2.23. The van der Waals surface area contributed by atoms with Gasteiger partial charge in [-0.3, -0.25) is 9.59 Å². The third-order valence-electron chi connectivity index (χ3n) is 5.79. The van der Waals surface area contributed by atoms with Crippen LogP contribution in [-0.4, -0.2) is 32.2 Å². The average molecular weight is 449 g/mol. The van der Waals surface area contributed by atoms with Crippen LogP contribution < -0.4 is 5.32 Å². The molecular formula is C25H28N4O2S. The van der Waals surface area contributed by atoms with Gasteiger partial charge in [-0.2, -0.15) is 0 Å². The van der Waals surface area contributed by atoms with E-state index in [0.717, 1.165) is 30.2 Å². The summed E-state index contributed by atoms with van der Waals surface area (Å²) in [5, 5.41) is 12.7. The molecular weight excluding hydrogens is 420 g/mol. The summed E-state index contributed by atoms with van der Waals surface area (Å²) in [6.45, 7) is 1.53. The Morgan fingerprint density at radius 3 is 2.41 bits per heavy atom. The molecule has 1 aliphatic carbocycles. The molecule has 0 saturated heterocycles. The third kappa shape index (κ3) is 5.65. The van der Waals surface area contributed by atoms with Gasteiger partial charge >= 0.3 is 0 Å². The van der Waals surface area contributed by atoms with Crippen LogP contribution in [0.15, 0.2) is 59.8 Å². The first-order valence-corrected chi connectivity index (χ1v) is 12.1. The van der Waals surface area contributed by atoms with Gasteiger partial charge in [0.2, 0.25) is 5.91 Å². The second-order valence-corrected chi connectivity index (χ2v) is 9.14. The number of anilines is 1. The number of hydrogen-bond acceptors (Lipinski definition) is 5. The van der Waals surface area contributed by atoms with Gasteiger partial charge in [-0.15, -0.1) is 10.2 Å². The molecule has 0 aliphatic heterocycles. The van der Waals surface area contributed by atoms with Crippen molar-refractivity contribution in [3.05, 3.63) is 71.5 Å². The fraction of sp³-hybridized carbons (Fsp3) is 0.360. The van der Waals surface area contributed by atoms with Crippen LogP contribution in [0, 0.1) is 0 Å². The fourth-order valence-corrected chi connectivity index (χ4v) is 4.95. The predicted octanol–water partition coefficient (Wildman–Crippen LogP) is 5.31. The number of nitrogens with zero attached hydrogens (tertiary/aromatic N) is 3. The maximum Gasteiger partial charge on any atom is 0.234 e. The molecule has 1 heterocycles. The molecule has 0 unspecified atom stereocenters. The predicted molar refractivity (Wildman–Crippen MR) is 127 cm³/mol. The number of amides is 1. The van der Waals surface area contributed by atoms with Crippen molar-refractivity contribution in [2.45, 2.75) is 56.6 Å². The van der Waals surface area contributed by atoms with E-state index in [1.807, 2.05) is 18.2 Å². The van der Waals surface area contributed by atoms with Crippen molar-refractivity contribution in [1.29, 1.82) is 0 Å². The number of aromatic nitrogens is 3. The molecule has 1 saturated carbocycles. The lowest BCUT2D eigenvalue weighted by Crippen LogP contribution is -2.18. The lowest BCUT2D eigenvalue weighted by atomic mass is 9.95. The highest BCUT2D eigenvalue weighted by atomic mass is 32.2. The number of rotatable bonds is 8. The SMILES string of the molecule is CC(=O)c1ccc(NC(=O)CSc2nnc(Cc3ccccc3)n2C2CCCCC2)cc1. The molecule has 166 valence electrons. The molecule has 7 heteroatoms. The van der Waals surface area contributed by atoms with Crippen molar-refractivity contribution in [1.82, 2.24) is 14.8 Å². The molecule has 0 radical (unpaired) electrons. The minimum Gasteiger partial charge on any atom is -0.325 e. The van der Waals surface area contributed by atoms with Crippen LogP contribution >= 0.6 is 11.8 Å². The zero-order valence-electron chi connectivity index (χ0n) is 18.3. The molecule has 1 aliphatic rings. The van der Waals surface area contributed by atoms with Gasteiger partial charge in [0.15, 0.2) is 10.9 Å². The van der Waals surface area contributed by atoms with Crippen LogP contribution in [-0.2, 0) is 11.2 Å². The van der Waals surface area contributed by atoms with E-state index in [4.69, 9.17) is 0 Å². The van der Waals surface area contributed by atoms with Crippen LogP contribution in [0.5, 0.6) is 0 Å². The fourth-order valence-electron chi connectivity index (χ4n) is 4.13. The zero-order chi connectivity index (χ0) is 22.3. The largest absolute Gasteiger partial charge is 0.325 e. The Morgan fingerprint density at radius 2 is 1.72 bits per heavy atom. The van der Waals surface area contributed by atoms with Crippen LogP contribution in [0.2, 0.25) is 0 Å². The third-order valence-corrected chi connectivity index (χ3v) is 6.73. The molecule has 6 nitrogen and oxygen atoms in total. The van der Waals surface area contributed by atoms with E-state index in [9.17, 15) is 9.59 Å². The van der Waals surface area contributed by atoms with Crippen LogP contribution in [0.3, 0.4) is 0 Å². The van der Waals surface area contributed by atoms with Crippen molar-refractivity contribution in [2.75, 3.05) is 11.1 Å². The summed E-state index contributed by atoms with van der Waals surface area (Å²) in [6, 6.07) is 17.7. The molecule has 0 bridgehead atoms. The number of hydrogen-bond donors (Lipinski definition) is 1. The smallest absolute Gasteiger partial charge is 0.234 e. The van der Waals surface area contributed by atoms with Gasteiger partial charge in [0.1, 0.15) is 5.82 Å². The summed E-state index contributed by atoms with van der Waals surface area (Å²) in [4.78, 5) is 23.9. The number of Topliss-reactive ketones (excluding diaryl/α,β-unsaturated/α-hetero) is 1.